The molecule has 0 aromatic carbocycles. The van der Waals surface area contributed by atoms with Crippen molar-refractivity contribution in [2.45, 2.75) is 33.9 Å². The van der Waals surface area contributed by atoms with Gasteiger partial charge in [-0.25, -0.2) is 4.79 Å². The Bertz CT molecular complexity index is 1080. The lowest BCUT2D eigenvalue weighted by atomic mass is 10.3. The summed E-state index contributed by atoms with van der Waals surface area (Å²) in [5.41, 5.74) is 2.01. The summed E-state index contributed by atoms with van der Waals surface area (Å²) in [6.07, 6.45) is 1.78. The van der Waals surface area contributed by atoms with Gasteiger partial charge in [-0.15, -0.1) is 6.58 Å². The molecule has 0 saturated heterocycles. The second-order valence-electron chi connectivity index (χ2n) is 5.98. The zero-order valence-corrected chi connectivity index (χ0v) is 15.1. The minimum atomic E-state index is -0.386. The smallest absolute Gasteiger partial charge is 0.332 e. The molecule has 0 radical (unpaired) electrons. The van der Waals surface area contributed by atoms with E-state index in [2.05, 4.69) is 11.6 Å². The molecule has 0 unspecified atom stereocenters. The molecule has 0 aliphatic heterocycles. The van der Waals surface area contributed by atoms with Crippen LogP contribution in [0.15, 0.2) is 22.2 Å². The molecule has 0 aliphatic rings. The highest BCUT2D eigenvalue weighted by atomic mass is 16.5. The molecular formula is C17H23N5O3. The van der Waals surface area contributed by atoms with E-state index >= 15 is 0 Å². The molecule has 134 valence electrons. The fraction of sp³-hybridized carbons (Fsp3) is 0.471. The van der Waals surface area contributed by atoms with Gasteiger partial charge in [0.2, 0.25) is 5.78 Å². The number of aromatic nitrogens is 5. The molecular weight excluding hydrogens is 322 g/mol. The van der Waals surface area contributed by atoms with Crippen LogP contribution in [0, 0.1) is 13.8 Å². The van der Waals surface area contributed by atoms with Gasteiger partial charge < -0.3 is 9.30 Å². The Morgan fingerprint density at radius 2 is 1.92 bits per heavy atom. The van der Waals surface area contributed by atoms with Crippen molar-refractivity contribution in [2.24, 2.45) is 7.05 Å². The van der Waals surface area contributed by atoms with E-state index in [1.54, 1.807) is 13.1 Å². The van der Waals surface area contributed by atoms with Crippen LogP contribution >= 0.6 is 0 Å². The molecule has 0 bridgehead atoms. The normalized spacial score (nSPS) is 11.7. The zero-order valence-electron chi connectivity index (χ0n) is 15.1. The number of imidazole rings is 2. The van der Waals surface area contributed by atoms with E-state index in [1.807, 2.05) is 29.7 Å². The minimum Gasteiger partial charge on any atom is -0.380 e. The van der Waals surface area contributed by atoms with Crippen molar-refractivity contribution >= 4 is 16.9 Å². The van der Waals surface area contributed by atoms with Crippen LogP contribution in [0.1, 0.15) is 18.3 Å². The minimum absolute atomic E-state index is 0.216. The van der Waals surface area contributed by atoms with Crippen molar-refractivity contribution in [3.63, 3.8) is 0 Å². The fourth-order valence-electron chi connectivity index (χ4n) is 3.16. The first-order chi connectivity index (χ1) is 11.9. The molecule has 8 heteroatoms. The van der Waals surface area contributed by atoms with Crippen molar-refractivity contribution in [3.8, 4) is 0 Å². The van der Waals surface area contributed by atoms with Gasteiger partial charge in [-0.2, -0.15) is 4.98 Å². The monoisotopic (exact) mass is 345 g/mol. The first-order valence-corrected chi connectivity index (χ1v) is 8.30. The molecule has 0 N–H and O–H groups in total. The maximum atomic E-state index is 13.0. The Morgan fingerprint density at radius 1 is 1.20 bits per heavy atom. The number of ether oxygens (including phenoxy) is 1. The predicted octanol–water partition coefficient (Wildman–Crippen LogP) is 0.989. The summed E-state index contributed by atoms with van der Waals surface area (Å²) in [4.78, 5) is 30.1. The number of nitrogens with zero attached hydrogens (tertiary/aromatic N) is 5. The summed E-state index contributed by atoms with van der Waals surface area (Å²) >= 11 is 0. The van der Waals surface area contributed by atoms with Gasteiger partial charge in [-0.1, -0.05) is 6.08 Å². The standard InChI is InChI=1S/C17H23N5O3/c1-6-8-20-11(3)12(4)22-13-14(18-16(20)22)19(5)17(24)21(15(13)23)9-10-25-7-2/h6H,1,7-10H2,2-5H3. The van der Waals surface area contributed by atoms with Gasteiger partial charge in [-0.05, 0) is 20.8 Å². The number of hydrogen-bond acceptors (Lipinski definition) is 4. The molecule has 0 amide bonds. The quantitative estimate of drug-likeness (QED) is 0.493. The van der Waals surface area contributed by atoms with Gasteiger partial charge in [0.1, 0.15) is 0 Å². The molecule has 25 heavy (non-hydrogen) atoms. The number of rotatable bonds is 6. The molecule has 3 aromatic heterocycles. The van der Waals surface area contributed by atoms with Crippen LogP contribution in [0.2, 0.25) is 0 Å². The van der Waals surface area contributed by atoms with E-state index < -0.39 is 0 Å². The highest BCUT2D eigenvalue weighted by Gasteiger charge is 2.21. The number of aryl methyl sites for hydroxylation is 2. The Morgan fingerprint density at radius 3 is 2.56 bits per heavy atom. The predicted molar refractivity (Wildman–Crippen MR) is 96.4 cm³/mol. The van der Waals surface area contributed by atoms with Gasteiger partial charge in [-0.3, -0.25) is 18.3 Å². The van der Waals surface area contributed by atoms with Gasteiger partial charge in [0.15, 0.2) is 11.2 Å². The van der Waals surface area contributed by atoms with Crippen LogP contribution in [-0.4, -0.2) is 36.3 Å². The van der Waals surface area contributed by atoms with Gasteiger partial charge >= 0.3 is 5.69 Å². The van der Waals surface area contributed by atoms with Crippen molar-refractivity contribution in [2.75, 3.05) is 13.2 Å². The first-order valence-electron chi connectivity index (χ1n) is 8.30. The van der Waals surface area contributed by atoms with E-state index in [4.69, 9.17) is 4.74 Å². The van der Waals surface area contributed by atoms with Crippen LogP contribution in [0.3, 0.4) is 0 Å². The molecule has 3 aromatic rings. The van der Waals surface area contributed by atoms with Crippen LogP contribution in [0.5, 0.6) is 0 Å². The SMILES string of the molecule is C=CCn1c(C)c(C)n2c3c(=O)n(CCOCC)c(=O)n(C)c3nc12. The third kappa shape index (κ3) is 2.44. The third-order valence-electron chi connectivity index (χ3n) is 4.60. The zero-order chi connectivity index (χ0) is 18.3. The summed E-state index contributed by atoms with van der Waals surface area (Å²) in [5, 5.41) is 0. The lowest BCUT2D eigenvalue weighted by Gasteiger charge is -2.08. The first kappa shape index (κ1) is 17.2. The largest absolute Gasteiger partial charge is 0.380 e. The molecule has 0 atom stereocenters. The maximum absolute atomic E-state index is 13.0. The Balaban J connectivity index is 2.39. The van der Waals surface area contributed by atoms with Crippen molar-refractivity contribution in [1.29, 1.82) is 0 Å². The van der Waals surface area contributed by atoms with E-state index in [0.717, 1.165) is 11.4 Å². The summed E-state index contributed by atoms with van der Waals surface area (Å²) in [5.74, 6) is 0.638. The Labute approximate surface area is 144 Å². The third-order valence-corrected chi connectivity index (χ3v) is 4.60. The summed E-state index contributed by atoms with van der Waals surface area (Å²) < 4.78 is 11.7. The second kappa shape index (κ2) is 6.36. The van der Waals surface area contributed by atoms with Crippen molar-refractivity contribution < 1.29 is 4.74 Å². The average molecular weight is 345 g/mol. The van der Waals surface area contributed by atoms with Crippen LogP contribution in [-0.2, 0) is 24.9 Å². The van der Waals surface area contributed by atoms with E-state index in [9.17, 15) is 9.59 Å². The Kier molecular flexibility index (Phi) is 4.38. The van der Waals surface area contributed by atoms with Crippen LogP contribution < -0.4 is 11.2 Å². The summed E-state index contributed by atoms with van der Waals surface area (Å²) in [6, 6.07) is 0. The average Bonchev–Trinajstić information content (AvgIpc) is 3.08. The van der Waals surface area contributed by atoms with Gasteiger partial charge in [0, 0.05) is 31.6 Å². The maximum Gasteiger partial charge on any atom is 0.332 e. The number of allylic oxidation sites excluding steroid dienone is 1. The van der Waals surface area contributed by atoms with Crippen molar-refractivity contribution in [1.82, 2.24) is 23.1 Å². The number of hydrogen-bond donors (Lipinski definition) is 0. The highest BCUT2D eigenvalue weighted by Crippen LogP contribution is 2.20. The van der Waals surface area contributed by atoms with Crippen molar-refractivity contribution in [3.05, 3.63) is 44.9 Å². The summed E-state index contributed by atoms with van der Waals surface area (Å²) in [6.45, 7) is 11.2. The second-order valence-corrected chi connectivity index (χ2v) is 5.98. The molecule has 8 nitrogen and oxygen atoms in total. The molecule has 3 rings (SSSR count). The lowest BCUT2D eigenvalue weighted by Crippen LogP contribution is -2.40. The molecule has 0 saturated carbocycles. The molecule has 0 spiro atoms. The van der Waals surface area contributed by atoms with Gasteiger partial charge in [0.25, 0.3) is 5.56 Å². The highest BCUT2D eigenvalue weighted by molar-refractivity contribution is 5.76. The molecule has 0 aliphatic carbocycles. The van der Waals surface area contributed by atoms with E-state index in [1.165, 1.54) is 9.13 Å². The Hall–Kier alpha value is -2.61. The molecule has 0 fully saturated rings. The number of fused-ring (bicyclic) bond motifs is 3. The fourth-order valence-corrected chi connectivity index (χ4v) is 3.16. The molecule has 3 heterocycles. The van der Waals surface area contributed by atoms with Crippen LogP contribution in [0.25, 0.3) is 16.9 Å². The summed E-state index contributed by atoms with van der Waals surface area (Å²) in [7, 11) is 1.63. The lowest BCUT2D eigenvalue weighted by molar-refractivity contribution is 0.137. The van der Waals surface area contributed by atoms with E-state index in [0.29, 0.717) is 36.7 Å². The van der Waals surface area contributed by atoms with Gasteiger partial charge in [0.05, 0.1) is 13.2 Å². The van der Waals surface area contributed by atoms with E-state index in [-0.39, 0.29) is 17.8 Å². The topological polar surface area (TPSA) is 75.5 Å². The van der Waals surface area contributed by atoms with Crippen LogP contribution in [0.4, 0.5) is 0 Å².